The molecule has 0 aromatic carbocycles. The normalized spacial score (nSPS) is 14.0. The van der Waals surface area contributed by atoms with Gasteiger partial charge < -0.3 is 20.1 Å². The van der Waals surface area contributed by atoms with Gasteiger partial charge in [0.05, 0.1) is 13.2 Å². The van der Waals surface area contributed by atoms with E-state index in [1.165, 1.54) is 77.0 Å². The van der Waals surface area contributed by atoms with E-state index in [0.717, 1.165) is 44.9 Å². The molecule has 0 spiro atoms. The maximum atomic E-state index is 12.5. The topological polar surface area (TPSA) is 134 Å². The van der Waals surface area contributed by atoms with Crippen LogP contribution >= 0.6 is 7.82 Å². The van der Waals surface area contributed by atoms with Crippen LogP contribution in [0.4, 0.5) is 0 Å². The maximum absolute atomic E-state index is 12.5. The number of ether oxygens (including phenoxy) is 2. The molecule has 2 unspecified atom stereocenters. The number of phosphoric ester groups is 1. The summed E-state index contributed by atoms with van der Waals surface area (Å²) in [5.74, 6) is -0.875. The number of carbonyl (C=O) groups excluding carboxylic acids is 2. The summed E-state index contributed by atoms with van der Waals surface area (Å²) in [6.07, 6.45) is 38.6. The third-order valence-corrected chi connectivity index (χ3v) is 8.81. The minimum atomic E-state index is -4.38. The first kappa shape index (κ1) is 47.0. The molecule has 0 radical (unpaired) electrons. The fraction of sp³-hybridized carbons (Fsp3) is 0.744. The molecule has 10 heteroatoms. The van der Waals surface area contributed by atoms with Crippen LogP contribution in [0.5, 0.6) is 0 Å². The van der Waals surface area contributed by atoms with Crippen molar-refractivity contribution in [3.05, 3.63) is 48.6 Å². The molecule has 0 aliphatic heterocycles. The standard InChI is InChI=1S/C39H70NO8P/c1-3-5-7-9-11-13-15-17-18-20-21-23-25-27-29-31-38(41)45-35-37(36-47-49(43,44)46-34-33-40)48-39(42)32-30-28-26-24-22-19-16-14-12-10-8-6-4-2/h6,8,10,12,14,16,19,22,37H,3-5,7,9,11,13,15,17-18,20-21,23-36,40H2,1-2H3,(H,43,44)/b8-6+,12-10+,16-14+,22-19+. The smallest absolute Gasteiger partial charge is 0.462 e. The zero-order valence-electron chi connectivity index (χ0n) is 30.9. The van der Waals surface area contributed by atoms with Crippen LogP contribution in [-0.4, -0.2) is 49.3 Å². The van der Waals surface area contributed by atoms with E-state index in [9.17, 15) is 19.0 Å². The Morgan fingerprint density at radius 1 is 0.633 bits per heavy atom. The molecule has 0 bridgehead atoms. The quantitative estimate of drug-likeness (QED) is 0.0285. The van der Waals surface area contributed by atoms with Gasteiger partial charge in [-0.2, -0.15) is 0 Å². The lowest BCUT2D eigenvalue weighted by atomic mass is 10.0. The van der Waals surface area contributed by atoms with Crippen LogP contribution in [0.3, 0.4) is 0 Å². The van der Waals surface area contributed by atoms with Crippen LogP contribution in [0.2, 0.25) is 0 Å². The highest BCUT2D eigenvalue weighted by molar-refractivity contribution is 7.47. The third-order valence-electron chi connectivity index (χ3n) is 7.82. The van der Waals surface area contributed by atoms with E-state index in [-0.39, 0.29) is 32.6 Å². The summed E-state index contributed by atoms with van der Waals surface area (Å²) in [6.45, 7) is 3.53. The van der Waals surface area contributed by atoms with Crippen LogP contribution < -0.4 is 5.73 Å². The average Bonchev–Trinajstić information content (AvgIpc) is 3.08. The van der Waals surface area contributed by atoms with Crippen molar-refractivity contribution in [1.29, 1.82) is 0 Å². The van der Waals surface area contributed by atoms with Crippen molar-refractivity contribution in [3.63, 3.8) is 0 Å². The van der Waals surface area contributed by atoms with Crippen molar-refractivity contribution in [1.82, 2.24) is 0 Å². The monoisotopic (exact) mass is 711 g/mol. The van der Waals surface area contributed by atoms with Gasteiger partial charge in [0.2, 0.25) is 0 Å². The Morgan fingerprint density at radius 2 is 1.12 bits per heavy atom. The van der Waals surface area contributed by atoms with Crippen LogP contribution in [0.25, 0.3) is 0 Å². The van der Waals surface area contributed by atoms with Crippen LogP contribution in [0, 0.1) is 0 Å². The van der Waals surface area contributed by atoms with E-state index in [0.29, 0.717) is 6.42 Å². The Labute approximate surface area is 298 Å². The fourth-order valence-electron chi connectivity index (χ4n) is 5.00. The second-order valence-electron chi connectivity index (χ2n) is 12.5. The van der Waals surface area contributed by atoms with Gasteiger partial charge >= 0.3 is 19.8 Å². The summed E-state index contributed by atoms with van der Waals surface area (Å²) >= 11 is 0. The van der Waals surface area contributed by atoms with Gasteiger partial charge in [0.1, 0.15) is 6.61 Å². The molecule has 0 fully saturated rings. The summed E-state index contributed by atoms with van der Waals surface area (Å²) < 4.78 is 32.6. The lowest BCUT2D eigenvalue weighted by Crippen LogP contribution is -2.29. The molecule has 284 valence electrons. The molecular weight excluding hydrogens is 641 g/mol. The van der Waals surface area contributed by atoms with Crippen molar-refractivity contribution in [2.24, 2.45) is 5.73 Å². The molecule has 0 saturated carbocycles. The van der Waals surface area contributed by atoms with Gasteiger partial charge in [0.25, 0.3) is 0 Å². The predicted octanol–water partition coefficient (Wildman–Crippen LogP) is 10.4. The number of phosphoric acid groups is 1. The molecule has 3 N–H and O–H groups in total. The summed E-state index contributed by atoms with van der Waals surface area (Å²) in [6, 6.07) is 0. The highest BCUT2D eigenvalue weighted by Gasteiger charge is 2.25. The number of allylic oxidation sites excluding steroid dienone is 8. The number of hydrogen-bond donors (Lipinski definition) is 2. The molecule has 0 aliphatic carbocycles. The Hall–Kier alpha value is -2.03. The second-order valence-corrected chi connectivity index (χ2v) is 14.0. The zero-order chi connectivity index (χ0) is 36.1. The lowest BCUT2D eigenvalue weighted by molar-refractivity contribution is -0.161. The predicted molar refractivity (Wildman–Crippen MR) is 201 cm³/mol. The van der Waals surface area contributed by atoms with E-state index in [2.05, 4.69) is 26.0 Å². The molecule has 0 saturated heterocycles. The lowest BCUT2D eigenvalue weighted by Gasteiger charge is -2.19. The Morgan fingerprint density at radius 3 is 1.67 bits per heavy atom. The molecule has 2 atom stereocenters. The van der Waals surface area contributed by atoms with E-state index in [1.54, 1.807) is 0 Å². The molecule has 0 rings (SSSR count). The van der Waals surface area contributed by atoms with Gasteiger partial charge in [-0.25, -0.2) is 4.57 Å². The first-order valence-corrected chi connectivity index (χ1v) is 20.7. The molecule has 49 heavy (non-hydrogen) atoms. The van der Waals surface area contributed by atoms with Crippen molar-refractivity contribution < 1.29 is 37.6 Å². The zero-order valence-corrected chi connectivity index (χ0v) is 31.8. The second kappa shape index (κ2) is 35.8. The molecule has 0 aromatic rings. The van der Waals surface area contributed by atoms with Crippen LogP contribution in [0.15, 0.2) is 48.6 Å². The van der Waals surface area contributed by atoms with Crippen molar-refractivity contribution in [2.75, 3.05) is 26.4 Å². The third kappa shape index (κ3) is 35.6. The Kier molecular flexibility index (Phi) is 34.3. The fourth-order valence-corrected chi connectivity index (χ4v) is 5.76. The van der Waals surface area contributed by atoms with Crippen molar-refractivity contribution in [3.8, 4) is 0 Å². The number of hydrogen-bond acceptors (Lipinski definition) is 8. The van der Waals surface area contributed by atoms with Gasteiger partial charge in [-0.3, -0.25) is 18.6 Å². The highest BCUT2D eigenvalue weighted by atomic mass is 31.2. The number of nitrogens with two attached hydrogens (primary N) is 1. The van der Waals surface area contributed by atoms with Crippen molar-refractivity contribution in [2.45, 2.75) is 161 Å². The molecule has 0 aromatic heterocycles. The molecule has 0 heterocycles. The number of rotatable bonds is 35. The Bertz CT molecular complexity index is 949. The van der Waals surface area contributed by atoms with E-state index in [1.807, 2.05) is 36.5 Å². The highest BCUT2D eigenvalue weighted by Crippen LogP contribution is 2.43. The van der Waals surface area contributed by atoms with E-state index in [4.69, 9.17) is 24.3 Å². The summed E-state index contributed by atoms with van der Waals surface area (Å²) in [5, 5.41) is 0. The van der Waals surface area contributed by atoms with Gasteiger partial charge in [0, 0.05) is 19.4 Å². The summed E-state index contributed by atoms with van der Waals surface area (Å²) in [4.78, 5) is 34.7. The van der Waals surface area contributed by atoms with Gasteiger partial charge in [-0.15, -0.1) is 0 Å². The largest absolute Gasteiger partial charge is 0.472 e. The summed E-state index contributed by atoms with van der Waals surface area (Å²) in [7, 11) is -4.38. The minimum Gasteiger partial charge on any atom is -0.462 e. The number of unbranched alkanes of at least 4 members (excludes halogenated alkanes) is 17. The van der Waals surface area contributed by atoms with Gasteiger partial charge in [0.15, 0.2) is 6.10 Å². The molecular formula is C39H70NO8P. The Balaban J connectivity index is 4.27. The molecule has 9 nitrogen and oxygen atoms in total. The first-order chi connectivity index (χ1) is 23.8. The van der Waals surface area contributed by atoms with Gasteiger partial charge in [-0.1, -0.05) is 159 Å². The average molecular weight is 712 g/mol. The number of esters is 2. The number of carbonyl (C=O) groups is 2. The minimum absolute atomic E-state index is 0.0457. The van der Waals surface area contributed by atoms with Crippen molar-refractivity contribution >= 4 is 19.8 Å². The van der Waals surface area contributed by atoms with Crippen LogP contribution in [0.1, 0.15) is 155 Å². The van der Waals surface area contributed by atoms with E-state index >= 15 is 0 Å². The van der Waals surface area contributed by atoms with Gasteiger partial charge in [-0.05, 0) is 32.1 Å². The molecule has 0 aliphatic rings. The first-order valence-electron chi connectivity index (χ1n) is 19.2. The van der Waals surface area contributed by atoms with E-state index < -0.39 is 32.5 Å². The maximum Gasteiger partial charge on any atom is 0.472 e. The SMILES string of the molecule is CC/C=C/C=C/C=C/C=C/CCCCCC(=O)OC(COC(=O)CCCCCCCCCCCCCCCCC)COP(=O)(O)OCCN. The molecule has 0 amide bonds. The summed E-state index contributed by atoms with van der Waals surface area (Å²) in [5.41, 5.74) is 5.33. The van der Waals surface area contributed by atoms with Crippen LogP contribution in [-0.2, 0) is 32.7 Å².